The zero-order valence-corrected chi connectivity index (χ0v) is 14.1. The molecule has 0 spiro atoms. The highest BCUT2D eigenvalue weighted by atomic mass is 16.3. The fraction of sp³-hybridized carbons (Fsp3) is 0.500. The molecule has 0 atom stereocenters. The molecule has 2 aromatic heterocycles. The van der Waals surface area contributed by atoms with Gasteiger partial charge in [0.05, 0.1) is 12.3 Å². The molecule has 0 aromatic carbocycles. The number of carbonyl (C=O) groups excluding carboxylic acids is 2. The summed E-state index contributed by atoms with van der Waals surface area (Å²) in [7, 11) is 0. The number of carbonyl (C=O) groups is 2. The summed E-state index contributed by atoms with van der Waals surface area (Å²) >= 11 is 0. The molecule has 132 valence electrons. The molecular formula is C18H22N4O3. The summed E-state index contributed by atoms with van der Waals surface area (Å²) in [5.74, 6) is 0.166. The number of rotatable bonds is 3. The van der Waals surface area contributed by atoms with Gasteiger partial charge in [-0.05, 0) is 31.0 Å². The summed E-state index contributed by atoms with van der Waals surface area (Å²) < 4.78 is 7.10. The van der Waals surface area contributed by atoms with Gasteiger partial charge in [0.25, 0.3) is 11.8 Å². The Labute approximate surface area is 146 Å². The van der Waals surface area contributed by atoms with Crippen molar-refractivity contribution >= 4 is 11.8 Å². The zero-order chi connectivity index (χ0) is 17.2. The smallest absolute Gasteiger partial charge is 0.289 e. The SMILES string of the molecule is O=C(c1ccn(C2CCCC2)n1)N1CCN(C(=O)c2ccco2)CC1. The molecule has 2 amide bonds. The second kappa shape index (κ2) is 6.74. The first-order valence-electron chi connectivity index (χ1n) is 8.89. The van der Waals surface area contributed by atoms with E-state index < -0.39 is 0 Å². The van der Waals surface area contributed by atoms with Crippen LogP contribution >= 0.6 is 0 Å². The van der Waals surface area contributed by atoms with Gasteiger partial charge >= 0.3 is 0 Å². The van der Waals surface area contributed by atoms with E-state index in [9.17, 15) is 9.59 Å². The Morgan fingerprint density at radius 2 is 1.68 bits per heavy atom. The van der Waals surface area contributed by atoms with E-state index in [2.05, 4.69) is 5.10 Å². The van der Waals surface area contributed by atoms with E-state index in [1.54, 1.807) is 28.0 Å². The van der Waals surface area contributed by atoms with Crippen LogP contribution in [0.2, 0.25) is 0 Å². The fourth-order valence-electron chi connectivity index (χ4n) is 3.65. The first kappa shape index (κ1) is 15.9. The van der Waals surface area contributed by atoms with Gasteiger partial charge in [0.1, 0.15) is 5.69 Å². The normalized spacial score (nSPS) is 18.7. The van der Waals surface area contributed by atoms with Crippen molar-refractivity contribution in [2.24, 2.45) is 0 Å². The van der Waals surface area contributed by atoms with Crippen LogP contribution in [0.5, 0.6) is 0 Å². The molecule has 2 aliphatic rings. The third-order valence-electron chi connectivity index (χ3n) is 5.11. The van der Waals surface area contributed by atoms with Gasteiger partial charge in [0.15, 0.2) is 5.76 Å². The molecule has 0 radical (unpaired) electrons. The highest BCUT2D eigenvalue weighted by molar-refractivity contribution is 5.93. The van der Waals surface area contributed by atoms with Crippen LogP contribution in [0.4, 0.5) is 0 Å². The van der Waals surface area contributed by atoms with Gasteiger partial charge in [-0.2, -0.15) is 5.10 Å². The van der Waals surface area contributed by atoms with Gasteiger partial charge in [-0.3, -0.25) is 14.3 Å². The third-order valence-corrected chi connectivity index (χ3v) is 5.11. The van der Waals surface area contributed by atoms with Crippen molar-refractivity contribution in [3.63, 3.8) is 0 Å². The molecule has 7 heteroatoms. The van der Waals surface area contributed by atoms with Gasteiger partial charge < -0.3 is 14.2 Å². The monoisotopic (exact) mass is 342 g/mol. The van der Waals surface area contributed by atoms with E-state index in [1.165, 1.54) is 19.1 Å². The molecule has 1 aliphatic carbocycles. The molecular weight excluding hydrogens is 320 g/mol. The van der Waals surface area contributed by atoms with Gasteiger partial charge in [0, 0.05) is 32.4 Å². The number of hydrogen-bond acceptors (Lipinski definition) is 4. The molecule has 0 unspecified atom stereocenters. The number of nitrogens with zero attached hydrogens (tertiary/aromatic N) is 4. The van der Waals surface area contributed by atoms with E-state index in [4.69, 9.17) is 4.42 Å². The minimum absolute atomic E-state index is 0.0538. The van der Waals surface area contributed by atoms with Crippen LogP contribution in [0.3, 0.4) is 0 Å². The molecule has 0 bridgehead atoms. The van der Waals surface area contributed by atoms with Crippen molar-refractivity contribution in [1.29, 1.82) is 0 Å². The van der Waals surface area contributed by atoms with Crippen molar-refractivity contribution in [1.82, 2.24) is 19.6 Å². The molecule has 7 nitrogen and oxygen atoms in total. The lowest BCUT2D eigenvalue weighted by atomic mass is 10.2. The van der Waals surface area contributed by atoms with Crippen molar-refractivity contribution in [3.05, 3.63) is 42.1 Å². The van der Waals surface area contributed by atoms with Crippen LogP contribution in [0, 0.1) is 0 Å². The minimum atomic E-state index is -0.123. The predicted octanol–water partition coefficient (Wildman–Crippen LogP) is 2.19. The lowest BCUT2D eigenvalue weighted by molar-refractivity contribution is 0.0514. The minimum Gasteiger partial charge on any atom is -0.459 e. The van der Waals surface area contributed by atoms with Crippen LogP contribution in [0.1, 0.15) is 52.8 Å². The highest BCUT2D eigenvalue weighted by Gasteiger charge is 2.28. The van der Waals surface area contributed by atoms with E-state index in [-0.39, 0.29) is 11.8 Å². The number of piperazine rings is 1. The average Bonchev–Trinajstić information content (AvgIpc) is 3.42. The summed E-state index contributed by atoms with van der Waals surface area (Å²) in [5.41, 5.74) is 0.498. The number of aromatic nitrogens is 2. The first-order valence-corrected chi connectivity index (χ1v) is 8.89. The summed E-state index contributed by atoms with van der Waals surface area (Å²) in [6.07, 6.45) is 8.16. The average molecular weight is 342 g/mol. The van der Waals surface area contributed by atoms with Crippen molar-refractivity contribution in [2.75, 3.05) is 26.2 Å². The molecule has 1 aliphatic heterocycles. The number of furan rings is 1. The van der Waals surface area contributed by atoms with Crippen LogP contribution in [-0.2, 0) is 0 Å². The predicted molar refractivity (Wildman–Crippen MR) is 90.2 cm³/mol. The van der Waals surface area contributed by atoms with Crippen molar-refractivity contribution in [3.8, 4) is 0 Å². The summed E-state index contributed by atoms with van der Waals surface area (Å²) in [5, 5.41) is 4.49. The van der Waals surface area contributed by atoms with E-state index >= 15 is 0 Å². The van der Waals surface area contributed by atoms with E-state index in [0.29, 0.717) is 43.7 Å². The van der Waals surface area contributed by atoms with Crippen molar-refractivity contribution in [2.45, 2.75) is 31.7 Å². The molecule has 25 heavy (non-hydrogen) atoms. The molecule has 0 N–H and O–H groups in total. The number of amides is 2. The second-order valence-corrected chi connectivity index (χ2v) is 6.68. The quantitative estimate of drug-likeness (QED) is 0.857. The largest absolute Gasteiger partial charge is 0.459 e. The zero-order valence-electron chi connectivity index (χ0n) is 14.1. The molecule has 1 saturated heterocycles. The second-order valence-electron chi connectivity index (χ2n) is 6.68. The Morgan fingerprint density at radius 3 is 2.32 bits per heavy atom. The number of hydrogen-bond donors (Lipinski definition) is 0. The summed E-state index contributed by atoms with van der Waals surface area (Å²) in [6.45, 7) is 2.05. The van der Waals surface area contributed by atoms with Crippen LogP contribution in [-0.4, -0.2) is 57.6 Å². The maximum atomic E-state index is 12.7. The Bertz CT molecular complexity index is 738. The lowest BCUT2D eigenvalue weighted by Crippen LogP contribution is -2.50. The maximum absolute atomic E-state index is 12.7. The molecule has 3 heterocycles. The third kappa shape index (κ3) is 3.18. The summed E-state index contributed by atoms with van der Waals surface area (Å²) in [6, 6.07) is 5.61. The fourth-order valence-corrected chi connectivity index (χ4v) is 3.65. The Balaban J connectivity index is 1.36. The maximum Gasteiger partial charge on any atom is 0.289 e. The van der Waals surface area contributed by atoms with Gasteiger partial charge in [0.2, 0.25) is 0 Å². The van der Waals surface area contributed by atoms with Crippen LogP contribution in [0.15, 0.2) is 35.1 Å². The Hall–Kier alpha value is -2.57. The van der Waals surface area contributed by atoms with Crippen LogP contribution < -0.4 is 0 Å². The molecule has 4 rings (SSSR count). The van der Waals surface area contributed by atoms with Crippen LogP contribution in [0.25, 0.3) is 0 Å². The molecule has 2 aromatic rings. The van der Waals surface area contributed by atoms with Crippen molar-refractivity contribution < 1.29 is 14.0 Å². The molecule has 1 saturated carbocycles. The Kier molecular flexibility index (Phi) is 4.29. The van der Waals surface area contributed by atoms with E-state index in [1.807, 2.05) is 10.9 Å². The highest BCUT2D eigenvalue weighted by Crippen LogP contribution is 2.28. The Morgan fingerprint density at radius 1 is 1.00 bits per heavy atom. The standard InChI is InChI=1S/C18H22N4O3/c23-17(15-7-8-22(19-15)14-4-1-2-5-14)20-9-11-21(12-10-20)18(24)16-6-3-13-25-16/h3,6-8,13-14H,1-2,4-5,9-12H2. The molecule has 2 fully saturated rings. The van der Waals surface area contributed by atoms with Gasteiger partial charge in [-0.1, -0.05) is 12.8 Å². The lowest BCUT2D eigenvalue weighted by Gasteiger charge is -2.34. The topological polar surface area (TPSA) is 71.6 Å². The first-order chi connectivity index (χ1) is 12.2. The van der Waals surface area contributed by atoms with Gasteiger partial charge in [-0.25, -0.2) is 0 Å². The van der Waals surface area contributed by atoms with E-state index in [0.717, 1.165) is 12.8 Å². The summed E-state index contributed by atoms with van der Waals surface area (Å²) in [4.78, 5) is 28.4. The van der Waals surface area contributed by atoms with Gasteiger partial charge in [-0.15, -0.1) is 0 Å².